The van der Waals surface area contributed by atoms with Crippen LogP contribution in [-0.2, 0) is 48.3 Å². The highest BCUT2D eigenvalue weighted by atomic mass is 16.6. The molecule has 0 aromatic heterocycles. The lowest BCUT2D eigenvalue weighted by molar-refractivity contribution is -0.145. The molecule has 3 aromatic carbocycles. The second kappa shape index (κ2) is 36.5. The van der Waals surface area contributed by atoms with Crippen molar-refractivity contribution in [2.45, 2.75) is 115 Å². The molecule has 0 aliphatic rings. The Labute approximate surface area is 363 Å². The van der Waals surface area contributed by atoms with Crippen molar-refractivity contribution in [1.82, 2.24) is 0 Å². The first-order chi connectivity index (χ1) is 29.8. The molecule has 0 aliphatic carbocycles. The molecular weight excluding hydrogens is 757 g/mol. The molecule has 0 unspecified atom stereocenters. The first kappa shape index (κ1) is 51.2. The first-order valence-electron chi connectivity index (χ1n) is 23.2. The summed E-state index contributed by atoms with van der Waals surface area (Å²) in [5.41, 5.74) is 2.45. The van der Waals surface area contributed by atoms with Crippen LogP contribution >= 0.6 is 0 Å². The highest BCUT2D eigenvalue weighted by molar-refractivity contribution is 5.69. The summed E-state index contributed by atoms with van der Waals surface area (Å²) in [4.78, 5) is 12.0. The molecule has 9 heteroatoms. The van der Waals surface area contributed by atoms with Crippen LogP contribution in [0.2, 0.25) is 0 Å². The maximum atomic E-state index is 12.0. The number of rotatable bonds is 41. The van der Waals surface area contributed by atoms with Crippen LogP contribution in [0, 0.1) is 0 Å². The molecule has 336 valence electrons. The summed E-state index contributed by atoms with van der Waals surface area (Å²) in [6.45, 7) is 8.61. The minimum absolute atomic E-state index is 0.129. The monoisotopic (exact) mass is 835 g/mol. The summed E-state index contributed by atoms with van der Waals surface area (Å²) in [6.07, 6.45) is 20.2. The average molecular weight is 835 g/mol. The summed E-state index contributed by atoms with van der Waals surface area (Å²) in [5, 5.41) is 0. The van der Waals surface area contributed by atoms with Crippen LogP contribution in [0.15, 0.2) is 91.0 Å². The molecule has 0 N–H and O–H groups in total. The maximum absolute atomic E-state index is 12.0. The highest BCUT2D eigenvalue weighted by Crippen LogP contribution is 2.40. The van der Waals surface area contributed by atoms with Crippen molar-refractivity contribution in [2.24, 2.45) is 0 Å². The van der Waals surface area contributed by atoms with E-state index in [1.165, 1.54) is 83.5 Å². The molecule has 0 amide bonds. The van der Waals surface area contributed by atoms with E-state index in [0.29, 0.717) is 92.3 Å². The zero-order valence-corrected chi connectivity index (χ0v) is 37.0. The van der Waals surface area contributed by atoms with E-state index in [1.54, 1.807) is 0 Å². The van der Waals surface area contributed by atoms with Gasteiger partial charge < -0.3 is 37.9 Å². The molecule has 3 aromatic rings. The van der Waals surface area contributed by atoms with Gasteiger partial charge in [-0.05, 0) is 23.1 Å². The molecule has 0 heterocycles. The van der Waals surface area contributed by atoms with E-state index in [0.717, 1.165) is 29.5 Å². The minimum Gasteiger partial charge on any atom is -0.463 e. The van der Waals surface area contributed by atoms with Gasteiger partial charge in [0.05, 0.1) is 85.9 Å². The van der Waals surface area contributed by atoms with Crippen molar-refractivity contribution in [3.8, 4) is 0 Å². The molecule has 0 spiro atoms. The van der Waals surface area contributed by atoms with E-state index in [9.17, 15) is 4.79 Å². The lowest BCUT2D eigenvalue weighted by Crippen LogP contribution is -2.34. The van der Waals surface area contributed by atoms with Gasteiger partial charge in [-0.15, -0.1) is 0 Å². The number of ether oxygens (including phenoxy) is 8. The van der Waals surface area contributed by atoms with Crippen molar-refractivity contribution >= 4 is 5.97 Å². The molecule has 0 saturated heterocycles. The van der Waals surface area contributed by atoms with Gasteiger partial charge in [0.25, 0.3) is 0 Å². The third-order valence-electron chi connectivity index (χ3n) is 10.4. The highest BCUT2D eigenvalue weighted by Gasteiger charge is 2.37. The molecule has 9 nitrogen and oxygen atoms in total. The Kier molecular flexibility index (Phi) is 31.1. The fraction of sp³-hybridized carbons (Fsp3) is 0.627. The Morgan fingerprint density at radius 3 is 0.983 bits per heavy atom. The van der Waals surface area contributed by atoms with E-state index in [4.69, 9.17) is 37.9 Å². The Bertz CT molecular complexity index is 1280. The van der Waals surface area contributed by atoms with Gasteiger partial charge in [-0.1, -0.05) is 188 Å². The third-order valence-corrected chi connectivity index (χ3v) is 10.4. The normalized spacial score (nSPS) is 11.6. The van der Waals surface area contributed by atoms with Crippen LogP contribution in [0.3, 0.4) is 0 Å². The van der Waals surface area contributed by atoms with Crippen molar-refractivity contribution in [3.63, 3.8) is 0 Å². The first-order valence-corrected chi connectivity index (χ1v) is 23.2. The number of hydrogen-bond acceptors (Lipinski definition) is 9. The van der Waals surface area contributed by atoms with Crippen LogP contribution in [-0.4, -0.2) is 98.5 Å². The molecule has 0 radical (unpaired) electrons. The van der Waals surface area contributed by atoms with E-state index in [1.807, 2.05) is 54.6 Å². The van der Waals surface area contributed by atoms with Crippen molar-refractivity contribution < 1.29 is 42.7 Å². The van der Waals surface area contributed by atoms with Gasteiger partial charge in [0, 0.05) is 6.42 Å². The van der Waals surface area contributed by atoms with Crippen molar-refractivity contribution in [2.75, 3.05) is 92.5 Å². The van der Waals surface area contributed by atoms with Gasteiger partial charge in [-0.25, -0.2) is 0 Å². The van der Waals surface area contributed by atoms with E-state index in [-0.39, 0.29) is 12.6 Å². The number of esters is 1. The summed E-state index contributed by atoms with van der Waals surface area (Å²) in [7, 11) is 0. The lowest BCUT2D eigenvalue weighted by Gasteiger charge is -2.36. The Morgan fingerprint density at radius 1 is 0.367 bits per heavy atom. The van der Waals surface area contributed by atoms with Gasteiger partial charge >= 0.3 is 5.97 Å². The van der Waals surface area contributed by atoms with Crippen LogP contribution < -0.4 is 0 Å². The molecule has 0 atom stereocenters. The minimum atomic E-state index is -0.752. The number of hydrogen-bond donors (Lipinski definition) is 0. The summed E-state index contributed by atoms with van der Waals surface area (Å²) < 4.78 is 45.8. The fourth-order valence-corrected chi connectivity index (χ4v) is 7.15. The Hall–Kier alpha value is -3.15. The SMILES string of the molecule is CCCCCCCCCCCCCCCCCC(=O)OCCOCCOCCOCCOCCOCCOCCOC(c1ccccc1)(c1ccccc1)c1ccccc1. The zero-order chi connectivity index (χ0) is 42.3. The van der Waals surface area contributed by atoms with Crippen LogP contribution in [0.25, 0.3) is 0 Å². The van der Waals surface area contributed by atoms with E-state index < -0.39 is 5.60 Å². The molecule has 3 rings (SSSR count). The van der Waals surface area contributed by atoms with E-state index >= 15 is 0 Å². The second-order valence-corrected chi connectivity index (χ2v) is 15.2. The molecule has 0 saturated carbocycles. The van der Waals surface area contributed by atoms with Gasteiger partial charge in [-0.3, -0.25) is 4.79 Å². The van der Waals surface area contributed by atoms with Gasteiger partial charge in [0.15, 0.2) is 0 Å². The number of carbonyl (C=O) groups is 1. The van der Waals surface area contributed by atoms with Crippen LogP contribution in [0.1, 0.15) is 126 Å². The van der Waals surface area contributed by atoms with Crippen molar-refractivity contribution in [1.29, 1.82) is 0 Å². The summed E-state index contributed by atoms with van der Waals surface area (Å²) in [5.74, 6) is -0.129. The number of carbonyl (C=O) groups excluding carboxylic acids is 1. The fourth-order valence-electron chi connectivity index (χ4n) is 7.15. The third kappa shape index (κ3) is 23.7. The number of benzene rings is 3. The molecular formula is C51H78O9. The van der Waals surface area contributed by atoms with Crippen molar-refractivity contribution in [3.05, 3.63) is 108 Å². The maximum Gasteiger partial charge on any atom is 0.305 e. The Morgan fingerprint density at radius 2 is 0.650 bits per heavy atom. The smallest absolute Gasteiger partial charge is 0.305 e. The largest absolute Gasteiger partial charge is 0.463 e. The standard InChI is InChI=1S/C51H78O9/c1-2-3-4-5-6-7-8-9-10-11-12-13-14-15-25-32-50(52)59-45-43-57-41-39-55-37-35-53-33-34-54-36-38-56-40-42-58-44-46-60-51(47-26-19-16-20-27-47,48-28-21-17-22-29-48)49-30-23-18-24-31-49/h16-24,26-31H,2-15,25,32-46H2,1H3. The lowest BCUT2D eigenvalue weighted by atomic mass is 9.80. The van der Waals surface area contributed by atoms with Crippen LogP contribution in [0.4, 0.5) is 0 Å². The van der Waals surface area contributed by atoms with Gasteiger partial charge in [0.1, 0.15) is 12.2 Å². The average Bonchev–Trinajstić information content (AvgIpc) is 3.29. The summed E-state index contributed by atoms with van der Waals surface area (Å²) >= 11 is 0. The quantitative estimate of drug-likeness (QED) is 0.0315. The predicted molar refractivity (Wildman–Crippen MR) is 241 cm³/mol. The topological polar surface area (TPSA) is 90.9 Å². The molecule has 0 bridgehead atoms. The molecule has 0 aliphatic heterocycles. The molecule has 60 heavy (non-hydrogen) atoms. The Balaban J connectivity index is 1.03. The van der Waals surface area contributed by atoms with Gasteiger partial charge in [-0.2, -0.15) is 0 Å². The second-order valence-electron chi connectivity index (χ2n) is 15.2. The number of unbranched alkanes of at least 4 members (excludes halogenated alkanes) is 14. The predicted octanol–water partition coefficient (Wildman–Crippen LogP) is 10.9. The van der Waals surface area contributed by atoms with Crippen LogP contribution in [0.5, 0.6) is 0 Å². The van der Waals surface area contributed by atoms with Gasteiger partial charge in [0.2, 0.25) is 0 Å². The van der Waals surface area contributed by atoms with E-state index in [2.05, 4.69) is 43.3 Å². The molecule has 0 fully saturated rings. The zero-order valence-electron chi connectivity index (χ0n) is 37.0. The summed E-state index contributed by atoms with van der Waals surface area (Å²) in [6, 6.07) is 31.0.